The van der Waals surface area contributed by atoms with Crippen molar-refractivity contribution in [3.05, 3.63) is 24.3 Å². The van der Waals surface area contributed by atoms with Crippen LogP contribution in [0.15, 0.2) is 24.3 Å². The van der Waals surface area contributed by atoms with Crippen molar-refractivity contribution in [3.63, 3.8) is 0 Å². The third kappa shape index (κ3) is 38.4. The summed E-state index contributed by atoms with van der Waals surface area (Å²) in [4.78, 5) is 22.4. The van der Waals surface area contributed by atoms with Crippen LogP contribution in [-0.4, -0.2) is 23.7 Å². The molecule has 0 spiro atoms. The van der Waals surface area contributed by atoms with Crippen molar-refractivity contribution in [1.82, 2.24) is 0 Å². The predicted octanol–water partition coefficient (Wildman–Crippen LogP) is 13.2. The van der Waals surface area contributed by atoms with Crippen LogP contribution in [0.1, 0.15) is 212 Å². The van der Waals surface area contributed by atoms with E-state index in [4.69, 9.17) is 9.84 Å². The van der Waals surface area contributed by atoms with E-state index < -0.39 is 5.97 Å². The van der Waals surface area contributed by atoms with Crippen molar-refractivity contribution >= 4 is 11.9 Å². The molecule has 0 atom stereocenters. The molecule has 0 aliphatic carbocycles. The first-order valence-electron chi connectivity index (χ1n) is 19.3. The van der Waals surface area contributed by atoms with E-state index in [2.05, 4.69) is 31.2 Å². The van der Waals surface area contributed by atoms with Gasteiger partial charge in [0.15, 0.2) is 0 Å². The Morgan fingerprint density at radius 1 is 0.432 bits per heavy atom. The van der Waals surface area contributed by atoms with Gasteiger partial charge in [0.05, 0.1) is 6.61 Å². The molecule has 0 fully saturated rings. The molecule has 0 aliphatic heterocycles. The lowest BCUT2D eigenvalue weighted by molar-refractivity contribution is -0.144. The maximum atomic E-state index is 12.0. The van der Waals surface area contributed by atoms with Crippen LogP contribution in [0.3, 0.4) is 0 Å². The molecule has 0 unspecified atom stereocenters. The van der Waals surface area contributed by atoms with E-state index in [-0.39, 0.29) is 5.97 Å². The van der Waals surface area contributed by atoms with Gasteiger partial charge in [-0.3, -0.25) is 9.59 Å². The van der Waals surface area contributed by atoms with Gasteiger partial charge >= 0.3 is 11.9 Å². The minimum Gasteiger partial charge on any atom is -0.481 e. The molecule has 44 heavy (non-hydrogen) atoms. The van der Waals surface area contributed by atoms with Crippen LogP contribution >= 0.6 is 0 Å². The lowest BCUT2D eigenvalue weighted by atomic mass is 10.0. The number of unbranched alkanes of at least 4 members (excludes halogenated alkanes) is 26. The molecule has 0 aromatic heterocycles. The van der Waals surface area contributed by atoms with Crippen molar-refractivity contribution in [2.75, 3.05) is 6.61 Å². The first-order chi connectivity index (χ1) is 21.7. The topological polar surface area (TPSA) is 63.6 Å². The molecular weight excluding hydrogens is 544 g/mol. The summed E-state index contributed by atoms with van der Waals surface area (Å²) in [5, 5.41) is 8.63. The van der Waals surface area contributed by atoms with Gasteiger partial charge in [0.25, 0.3) is 0 Å². The van der Waals surface area contributed by atoms with Gasteiger partial charge in [0, 0.05) is 12.8 Å². The number of esters is 1. The van der Waals surface area contributed by atoms with Crippen molar-refractivity contribution in [2.45, 2.75) is 212 Å². The minimum atomic E-state index is -0.669. The van der Waals surface area contributed by atoms with E-state index in [9.17, 15) is 9.59 Å². The van der Waals surface area contributed by atoms with E-state index >= 15 is 0 Å². The van der Waals surface area contributed by atoms with Gasteiger partial charge in [0.1, 0.15) is 0 Å². The highest BCUT2D eigenvalue weighted by atomic mass is 16.5. The average Bonchev–Trinajstić information content (AvgIpc) is 3.01. The molecule has 0 aromatic carbocycles. The van der Waals surface area contributed by atoms with E-state index in [1.165, 1.54) is 161 Å². The summed E-state index contributed by atoms with van der Waals surface area (Å²) in [6.45, 7) is 2.86. The Kier molecular flexibility index (Phi) is 36.3. The smallest absolute Gasteiger partial charge is 0.305 e. The molecule has 0 saturated heterocycles. The second-order valence-electron chi connectivity index (χ2n) is 13.1. The molecular formula is C40H74O4. The molecule has 258 valence electrons. The highest BCUT2D eigenvalue weighted by molar-refractivity contribution is 5.69. The molecule has 0 aromatic rings. The van der Waals surface area contributed by atoms with Crippen LogP contribution < -0.4 is 0 Å². The Bertz CT molecular complexity index is 654. The molecule has 1 N–H and O–H groups in total. The van der Waals surface area contributed by atoms with E-state index in [1.807, 2.05) is 0 Å². The number of hydrogen-bond acceptors (Lipinski definition) is 3. The summed E-state index contributed by atoms with van der Waals surface area (Å²) < 4.78 is 5.43. The Morgan fingerprint density at radius 3 is 1.20 bits per heavy atom. The number of ether oxygens (including phenoxy) is 1. The van der Waals surface area contributed by atoms with Crippen molar-refractivity contribution < 1.29 is 19.4 Å². The zero-order valence-corrected chi connectivity index (χ0v) is 29.3. The zero-order valence-electron chi connectivity index (χ0n) is 29.3. The standard InChI is InChI=1S/C40H74O4/c1-2-3-4-5-6-7-8-9-10-11-12-13-14-15-19-22-25-28-31-34-37-40(43)44-38-35-32-29-26-23-20-17-16-18-21-24-27-30-33-36-39(41)42/h7-8,11-12H,2-6,9-10,13-38H2,1H3,(H,41,42)/b8-7-,12-11-. The highest BCUT2D eigenvalue weighted by Gasteiger charge is 2.03. The molecule has 0 bridgehead atoms. The third-order valence-corrected chi connectivity index (χ3v) is 8.61. The maximum Gasteiger partial charge on any atom is 0.305 e. The number of allylic oxidation sites excluding steroid dienone is 4. The third-order valence-electron chi connectivity index (χ3n) is 8.61. The van der Waals surface area contributed by atoms with Gasteiger partial charge in [-0.25, -0.2) is 0 Å². The van der Waals surface area contributed by atoms with Gasteiger partial charge in [0.2, 0.25) is 0 Å². The number of carbonyl (C=O) groups is 2. The number of aliphatic carboxylic acids is 1. The fraction of sp³-hybridized carbons (Fsp3) is 0.850. The summed E-state index contributed by atoms with van der Waals surface area (Å²) in [7, 11) is 0. The Morgan fingerprint density at radius 2 is 0.773 bits per heavy atom. The Labute approximate surface area is 274 Å². The van der Waals surface area contributed by atoms with Crippen LogP contribution in [0.4, 0.5) is 0 Å². The highest BCUT2D eigenvalue weighted by Crippen LogP contribution is 2.14. The van der Waals surface area contributed by atoms with Crippen molar-refractivity contribution in [3.8, 4) is 0 Å². The fourth-order valence-corrected chi connectivity index (χ4v) is 5.70. The van der Waals surface area contributed by atoms with Crippen molar-refractivity contribution in [1.29, 1.82) is 0 Å². The summed E-state index contributed by atoms with van der Waals surface area (Å²) in [5.74, 6) is -0.672. The van der Waals surface area contributed by atoms with Crippen molar-refractivity contribution in [2.24, 2.45) is 0 Å². The van der Waals surface area contributed by atoms with Gasteiger partial charge in [-0.2, -0.15) is 0 Å². The maximum absolute atomic E-state index is 12.0. The van der Waals surface area contributed by atoms with E-state index in [1.54, 1.807) is 0 Å². The SMILES string of the molecule is CCCCCC/C=C\CC/C=C\CCCCCCCCCCC(=O)OCCCCCCCCCCCCCCCCC(=O)O. The zero-order chi connectivity index (χ0) is 32.0. The number of rotatable bonds is 36. The second kappa shape index (κ2) is 37.6. The molecule has 0 heterocycles. The summed E-state index contributed by atoms with van der Waals surface area (Å²) in [6, 6.07) is 0. The number of hydrogen-bond donors (Lipinski definition) is 1. The molecule has 0 rings (SSSR count). The minimum absolute atomic E-state index is 0.00301. The first kappa shape index (κ1) is 42.4. The monoisotopic (exact) mass is 619 g/mol. The van der Waals surface area contributed by atoms with Gasteiger partial charge in [-0.05, 0) is 57.8 Å². The summed E-state index contributed by atoms with van der Waals surface area (Å²) in [6.07, 6.45) is 47.6. The number of carboxylic acids is 1. The molecule has 0 aliphatic rings. The lowest BCUT2D eigenvalue weighted by Gasteiger charge is -2.06. The van der Waals surface area contributed by atoms with Crippen LogP contribution in [0, 0.1) is 0 Å². The van der Waals surface area contributed by atoms with E-state index in [0.29, 0.717) is 19.4 Å². The molecule has 0 radical (unpaired) electrons. The lowest BCUT2D eigenvalue weighted by Crippen LogP contribution is -2.05. The van der Waals surface area contributed by atoms with Crippen LogP contribution in [0.5, 0.6) is 0 Å². The van der Waals surface area contributed by atoms with Gasteiger partial charge < -0.3 is 9.84 Å². The normalized spacial score (nSPS) is 11.7. The second-order valence-corrected chi connectivity index (χ2v) is 13.1. The summed E-state index contributed by atoms with van der Waals surface area (Å²) in [5.41, 5.74) is 0. The number of carboxylic acid groups (broad SMARTS) is 1. The summed E-state index contributed by atoms with van der Waals surface area (Å²) >= 11 is 0. The van der Waals surface area contributed by atoms with Crippen LogP contribution in [0.2, 0.25) is 0 Å². The Hall–Kier alpha value is -1.58. The molecule has 0 amide bonds. The van der Waals surface area contributed by atoms with Crippen LogP contribution in [-0.2, 0) is 14.3 Å². The predicted molar refractivity (Wildman–Crippen MR) is 190 cm³/mol. The Balaban J connectivity index is 3.22. The quantitative estimate of drug-likeness (QED) is 0.0431. The molecule has 4 nitrogen and oxygen atoms in total. The fourth-order valence-electron chi connectivity index (χ4n) is 5.70. The average molecular weight is 619 g/mol. The number of carbonyl (C=O) groups excluding carboxylic acids is 1. The van der Waals surface area contributed by atoms with Gasteiger partial charge in [-0.1, -0.05) is 166 Å². The molecule has 4 heteroatoms. The largest absolute Gasteiger partial charge is 0.481 e. The van der Waals surface area contributed by atoms with Crippen LogP contribution in [0.25, 0.3) is 0 Å². The first-order valence-corrected chi connectivity index (χ1v) is 19.3. The molecule has 0 saturated carbocycles. The van der Waals surface area contributed by atoms with Gasteiger partial charge in [-0.15, -0.1) is 0 Å². The van der Waals surface area contributed by atoms with E-state index in [0.717, 1.165) is 32.1 Å².